The zero-order valence-electron chi connectivity index (χ0n) is 16.4. The van der Waals surface area contributed by atoms with Crippen LogP contribution in [-0.2, 0) is 11.3 Å². The number of rotatable bonds is 7. The highest BCUT2D eigenvalue weighted by molar-refractivity contribution is 5.85. The lowest BCUT2D eigenvalue weighted by atomic mass is 10.1. The van der Waals surface area contributed by atoms with E-state index in [1.54, 1.807) is 7.11 Å². The van der Waals surface area contributed by atoms with Crippen molar-refractivity contribution in [1.29, 1.82) is 5.26 Å². The third kappa shape index (κ3) is 5.04. The third-order valence-corrected chi connectivity index (χ3v) is 4.68. The maximum atomic E-state index is 8.79. The molecule has 1 atom stereocenters. The van der Waals surface area contributed by atoms with Gasteiger partial charge in [0.05, 0.1) is 31.8 Å². The summed E-state index contributed by atoms with van der Waals surface area (Å²) in [6, 6.07) is 10.3. The van der Waals surface area contributed by atoms with Crippen molar-refractivity contribution in [3.05, 3.63) is 47.9 Å². The Labute approximate surface area is 180 Å². The molecule has 1 fully saturated rings. The van der Waals surface area contributed by atoms with Gasteiger partial charge in [-0.2, -0.15) is 10.4 Å². The quantitative estimate of drug-likeness (QED) is 0.526. The van der Waals surface area contributed by atoms with Crippen LogP contribution in [-0.4, -0.2) is 46.5 Å². The summed E-state index contributed by atoms with van der Waals surface area (Å²) >= 11 is 0. The summed E-state index contributed by atoms with van der Waals surface area (Å²) in [5.74, 6) is 1.86. The van der Waals surface area contributed by atoms with E-state index in [2.05, 4.69) is 36.9 Å². The number of hydrogen-bond donors (Lipinski definition) is 3. The van der Waals surface area contributed by atoms with Gasteiger partial charge in [0.2, 0.25) is 0 Å². The van der Waals surface area contributed by atoms with E-state index in [4.69, 9.17) is 14.7 Å². The van der Waals surface area contributed by atoms with Crippen LogP contribution >= 0.6 is 12.4 Å². The minimum atomic E-state index is 0. The predicted octanol–water partition coefficient (Wildman–Crippen LogP) is 2.79. The first-order valence-corrected chi connectivity index (χ1v) is 9.28. The fourth-order valence-corrected chi connectivity index (χ4v) is 3.13. The van der Waals surface area contributed by atoms with E-state index in [0.29, 0.717) is 17.7 Å². The van der Waals surface area contributed by atoms with E-state index >= 15 is 0 Å². The number of ether oxygens (including phenoxy) is 2. The molecule has 1 aliphatic rings. The number of hydrogen-bond acceptors (Lipinski definition) is 8. The van der Waals surface area contributed by atoms with E-state index in [1.165, 1.54) is 12.4 Å². The molecule has 0 spiro atoms. The number of anilines is 2. The summed E-state index contributed by atoms with van der Waals surface area (Å²) in [6.07, 6.45) is 3.94. The van der Waals surface area contributed by atoms with Gasteiger partial charge in [0.25, 0.3) is 0 Å². The van der Waals surface area contributed by atoms with Gasteiger partial charge in [-0.15, -0.1) is 12.4 Å². The molecule has 3 heterocycles. The Morgan fingerprint density at radius 2 is 2.17 bits per heavy atom. The minimum absolute atomic E-state index is 0. The predicted molar refractivity (Wildman–Crippen MR) is 114 cm³/mol. The van der Waals surface area contributed by atoms with Gasteiger partial charge in [0, 0.05) is 30.8 Å². The lowest BCUT2D eigenvalue weighted by Crippen LogP contribution is -2.28. The molecule has 1 aromatic carbocycles. The second-order valence-corrected chi connectivity index (χ2v) is 6.67. The van der Waals surface area contributed by atoms with Gasteiger partial charge in [-0.05, 0) is 24.1 Å². The molecule has 0 radical (unpaired) electrons. The monoisotopic (exact) mass is 427 g/mol. The van der Waals surface area contributed by atoms with E-state index < -0.39 is 0 Å². The van der Waals surface area contributed by atoms with Crippen LogP contribution in [0.25, 0.3) is 11.3 Å². The van der Waals surface area contributed by atoms with Crippen LogP contribution in [0.3, 0.4) is 0 Å². The molecule has 3 N–H and O–H groups in total. The maximum absolute atomic E-state index is 8.79. The van der Waals surface area contributed by atoms with Crippen LogP contribution in [0.1, 0.15) is 17.7 Å². The first kappa shape index (κ1) is 21.5. The van der Waals surface area contributed by atoms with Crippen LogP contribution < -0.4 is 15.4 Å². The normalized spacial score (nSPS) is 15.3. The first-order valence-electron chi connectivity index (χ1n) is 9.28. The Balaban J connectivity index is 0.00000256. The number of H-pyrrole nitrogens is 1. The molecule has 0 bridgehead atoms. The van der Waals surface area contributed by atoms with Crippen molar-refractivity contribution < 1.29 is 9.47 Å². The Hall–Kier alpha value is -3.19. The highest BCUT2D eigenvalue weighted by Gasteiger charge is 2.15. The fourth-order valence-electron chi connectivity index (χ4n) is 3.13. The molecule has 0 saturated carbocycles. The molecule has 0 unspecified atom stereocenters. The lowest BCUT2D eigenvalue weighted by Gasteiger charge is -2.13. The molecule has 4 rings (SSSR count). The van der Waals surface area contributed by atoms with Crippen LogP contribution in [0.2, 0.25) is 0 Å². The van der Waals surface area contributed by atoms with Crippen molar-refractivity contribution >= 4 is 24.0 Å². The average molecular weight is 428 g/mol. The summed E-state index contributed by atoms with van der Waals surface area (Å²) < 4.78 is 11.0. The summed E-state index contributed by atoms with van der Waals surface area (Å²) in [7, 11) is 1.66. The molecule has 9 nitrogen and oxygen atoms in total. The van der Waals surface area contributed by atoms with Gasteiger partial charge >= 0.3 is 0 Å². The molecule has 1 saturated heterocycles. The SMILES string of the molecule is COc1cc(CN[C@@H]2CCOC2)ccc1-c1cc(Nc2cnc(C#N)cn2)n[nH]1.Cl. The lowest BCUT2D eigenvalue weighted by molar-refractivity contribution is 0.190. The molecular weight excluding hydrogens is 406 g/mol. The summed E-state index contributed by atoms with van der Waals surface area (Å²) in [5.41, 5.74) is 3.13. The van der Waals surface area contributed by atoms with Crippen molar-refractivity contribution in [2.24, 2.45) is 0 Å². The van der Waals surface area contributed by atoms with Crippen LogP contribution in [0.5, 0.6) is 5.75 Å². The number of nitrogens with one attached hydrogen (secondary N) is 3. The molecule has 0 aliphatic carbocycles. The molecular formula is C20H22ClN7O2. The number of benzene rings is 1. The molecule has 10 heteroatoms. The summed E-state index contributed by atoms with van der Waals surface area (Å²) in [4.78, 5) is 8.12. The van der Waals surface area contributed by atoms with Crippen molar-refractivity contribution in [1.82, 2.24) is 25.5 Å². The maximum Gasteiger partial charge on any atom is 0.158 e. The van der Waals surface area contributed by atoms with Gasteiger partial charge in [-0.3, -0.25) is 5.10 Å². The van der Waals surface area contributed by atoms with Crippen LogP contribution in [0.4, 0.5) is 11.6 Å². The molecule has 0 amide bonds. The van der Waals surface area contributed by atoms with Gasteiger partial charge in [-0.1, -0.05) is 6.07 Å². The standard InChI is InChI=1S/C20H21N7O2.ClH/c1-28-18-6-13(9-22-14-4-5-29-12-14)2-3-16(18)17-7-19(27-26-17)25-20-11-23-15(8-21)10-24-20;/h2-3,6-7,10-11,14,22H,4-5,9,12H2,1H3,(H2,24,25,26,27);1H/t14-;/m1./s1. The molecule has 2 aromatic heterocycles. The van der Waals surface area contributed by atoms with Crippen molar-refractivity contribution in [3.8, 4) is 23.1 Å². The Kier molecular flexibility index (Phi) is 7.19. The van der Waals surface area contributed by atoms with Gasteiger partial charge in [0.1, 0.15) is 17.6 Å². The third-order valence-electron chi connectivity index (χ3n) is 4.68. The van der Waals surface area contributed by atoms with Crippen LogP contribution in [0, 0.1) is 11.3 Å². The number of methoxy groups -OCH3 is 1. The van der Waals surface area contributed by atoms with Crippen molar-refractivity contribution in [2.45, 2.75) is 19.0 Å². The number of nitriles is 1. The zero-order valence-corrected chi connectivity index (χ0v) is 17.2. The topological polar surface area (TPSA) is 121 Å². The number of aromatic nitrogens is 4. The summed E-state index contributed by atoms with van der Waals surface area (Å²) in [5, 5.41) is 22.6. The summed E-state index contributed by atoms with van der Waals surface area (Å²) in [6.45, 7) is 2.35. The van der Waals surface area contributed by atoms with Crippen molar-refractivity contribution in [3.63, 3.8) is 0 Å². The average Bonchev–Trinajstić information content (AvgIpc) is 3.45. The van der Waals surface area contributed by atoms with E-state index in [0.717, 1.165) is 48.7 Å². The number of nitrogens with zero attached hydrogens (tertiary/aromatic N) is 4. The highest BCUT2D eigenvalue weighted by atomic mass is 35.5. The molecule has 3 aromatic rings. The number of aromatic amines is 1. The Morgan fingerprint density at radius 3 is 2.87 bits per heavy atom. The fraction of sp³-hybridized carbons (Fsp3) is 0.300. The van der Waals surface area contributed by atoms with Gasteiger partial charge in [-0.25, -0.2) is 9.97 Å². The molecule has 156 valence electrons. The minimum Gasteiger partial charge on any atom is -0.496 e. The number of halogens is 1. The first-order chi connectivity index (χ1) is 14.2. The molecule has 30 heavy (non-hydrogen) atoms. The molecule has 1 aliphatic heterocycles. The highest BCUT2D eigenvalue weighted by Crippen LogP contribution is 2.31. The second kappa shape index (κ2) is 10.0. The van der Waals surface area contributed by atoms with Gasteiger partial charge < -0.3 is 20.1 Å². The van der Waals surface area contributed by atoms with E-state index in [9.17, 15) is 0 Å². The largest absolute Gasteiger partial charge is 0.496 e. The zero-order chi connectivity index (χ0) is 20.1. The van der Waals surface area contributed by atoms with Crippen LogP contribution in [0.15, 0.2) is 36.7 Å². The second-order valence-electron chi connectivity index (χ2n) is 6.67. The smallest absolute Gasteiger partial charge is 0.158 e. The van der Waals surface area contributed by atoms with Gasteiger partial charge in [0.15, 0.2) is 11.5 Å². The van der Waals surface area contributed by atoms with E-state index in [1.807, 2.05) is 24.3 Å². The Bertz CT molecular complexity index is 1010. The van der Waals surface area contributed by atoms with Crippen molar-refractivity contribution in [2.75, 3.05) is 25.6 Å². The van der Waals surface area contributed by atoms with E-state index in [-0.39, 0.29) is 18.1 Å². The Morgan fingerprint density at radius 1 is 1.27 bits per heavy atom.